The van der Waals surface area contributed by atoms with Crippen molar-refractivity contribution in [2.75, 3.05) is 20.7 Å². The second-order valence-corrected chi connectivity index (χ2v) is 3.56. The summed E-state index contributed by atoms with van der Waals surface area (Å²) in [7, 11) is 3.61. The molecule has 15 heavy (non-hydrogen) atoms. The first-order valence-corrected chi connectivity index (χ1v) is 5.25. The van der Waals surface area contributed by atoms with Crippen molar-refractivity contribution in [2.45, 2.75) is 32.3 Å². The number of ether oxygens (including phenoxy) is 1. The van der Waals surface area contributed by atoms with E-state index in [9.17, 15) is 0 Å². The van der Waals surface area contributed by atoms with Crippen LogP contribution < -0.4 is 5.32 Å². The number of methoxy groups -OCH3 is 1. The van der Waals surface area contributed by atoms with Gasteiger partial charge in [-0.05, 0) is 26.9 Å². The van der Waals surface area contributed by atoms with E-state index in [4.69, 9.17) is 9.26 Å². The minimum Gasteiger partial charge on any atom is -0.381 e. The summed E-state index contributed by atoms with van der Waals surface area (Å²) < 4.78 is 10.2. The molecule has 1 aromatic heterocycles. The molecular weight excluding hydrogens is 194 g/mol. The van der Waals surface area contributed by atoms with Crippen molar-refractivity contribution in [1.82, 2.24) is 15.5 Å². The van der Waals surface area contributed by atoms with Crippen LogP contribution in [-0.2, 0) is 17.6 Å². The third-order valence-electron chi connectivity index (χ3n) is 2.20. The molecule has 1 heterocycles. The fraction of sp³-hybridized carbons (Fsp3) is 0.800. The fourth-order valence-corrected chi connectivity index (χ4v) is 1.23. The van der Waals surface area contributed by atoms with Crippen molar-refractivity contribution >= 4 is 0 Å². The van der Waals surface area contributed by atoms with Gasteiger partial charge >= 0.3 is 0 Å². The Morgan fingerprint density at radius 3 is 3.00 bits per heavy atom. The number of rotatable bonds is 7. The van der Waals surface area contributed by atoms with E-state index in [-0.39, 0.29) is 6.10 Å². The molecule has 86 valence electrons. The van der Waals surface area contributed by atoms with E-state index in [1.165, 1.54) is 0 Å². The van der Waals surface area contributed by atoms with Gasteiger partial charge in [-0.3, -0.25) is 0 Å². The Morgan fingerprint density at radius 1 is 1.53 bits per heavy atom. The van der Waals surface area contributed by atoms with Gasteiger partial charge in [-0.15, -0.1) is 0 Å². The predicted octanol–water partition coefficient (Wildman–Crippen LogP) is 0.799. The summed E-state index contributed by atoms with van der Waals surface area (Å²) in [6.07, 6.45) is 2.67. The van der Waals surface area contributed by atoms with Crippen LogP contribution in [0.1, 0.15) is 25.1 Å². The number of hydrogen-bond acceptors (Lipinski definition) is 5. The van der Waals surface area contributed by atoms with Gasteiger partial charge in [0.2, 0.25) is 5.89 Å². The van der Waals surface area contributed by atoms with E-state index in [1.807, 2.05) is 14.0 Å². The van der Waals surface area contributed by atoms with E-state index in [0.717, 1.165) is 25.2 Å². The molecule has 5 nitrogen and oxygen atoms in total. The first-order chi connectivity index (χ1) is 7.26. The highest BCUT2D eigenvalue weighted by molar-refractivity contribution is 4.88. The summed E-state index contributed by atoms with van der Waals surface area (Å²) in [6.45, 7) is 2.95. The summed E-state index contributed by atoms with van der Waals surface area (Å²) in [6, 6.07) is 0. The van der Waals surface area contributed by atoms with Crippen molar-refractivity contribution in [3.05, 3.63) is 11.7 Å². The highest BCUT2D eigenvalue weighted by Gasteiger charge is 2.09. The van der Waals surface area contributed by atoms with Crippen LogP contribution >= 0.6 is 0 Å². The molecule has 0 amide bonds. The zero-order valence-corrected chi connectivity index (χ0v) is 9.62. The molecule has 0 spiro atoms. The third-order valence-corrected chi connectivity index (χ3v) is 2.20. The average molecular weight is 213 g/mol. The van der Waals surface area contributed by atoms with Crippen LogP contribution in [0.4, 0.5) is 0 Å². The number of aromatic nitrogens is 2. The molecule has 1 unspecified atom stereocenters. The summed E-state index contributed by atoms with van der Waals surface area (Å²) in [5, 5.41) is 6.97. The van der Waals surface area contributed by atoms with Crippen LogP contribution in [0.2, 0.25) is 0 Å². The maximum absolute atomic E-state index is 5.13. The van der Waals surface area contributed by atoms with Gasteiger partial charge in [0, 0.05) is 20.0 Å². The van der Waals surface area contributed by atoms with E-state index < -0.39 is 0 Å². The van der Waals surface area contributed by atoms with Crippen molar-refractivity contribution in [1.29, 1.82) is 0 Å². The molecule has 0 bridgehead atoms. The molecule has 0 saturated carbocycles. The maximum Gasteiger partial charge on any atom is 0.226 e. The molecule has 0 aliphatic rings. The molecule has 0 aliphatic carbocycles. The summed E-state index contributed by atoms with van der Waals surface area (Å²) in [5.74, 6) is 1.44. The summed E-state index contributed by atoms with van der Waals surface area (Å²) >= 11 is 0. The van der Waals surface area contributed by atoms with Crippen LogP contribution in [0.5, 0.6) is 0 Å². The highest BCUT2D eigenvalue weighted by Crippen LogP contribution is 2.04. The van der Waals surface area contributed by atoms with E-state index in [2.05, 4.69) is 15.5 Å². The standard InChI is InChI=1S/C10H19N3O2/c1-8(14-3)7-9-12-10(15-13-9)5-4-6-11-2/h8,11H,4-7H2,1-3H3. The lowest BCUT2D eigenvalue weighted by Crippen LogP contribution is -2.10. The Balaban J connectivity index is 2.35. The Bertz CT molecular complexity index is 275. The molecule has 0 aliphatic heterocycles. The molecular formula is C10H19N3O2. The smallest absolute Gasteiger partial charge is 0.226 e. The van der Waals surface area contributed by atoms with E-state index >= 15 is 0 Å². The van der Waals surface area contributed by atoms with Gasteiger partial charge in [0.05, 0.1) is 6.10 Å². The quantitative estimate of drug-likeness (QED) is 0.679. The van der Waals surface area contributed by atoms with Crippen LogP contribution in [0.3, 0.4) is 0 Å². The maximum atomic E-state index is 5.13. The Morgan fingerprint density at radius 2 is 2.33 bits per heavy atom. The molecule has 0 radical (unpaired) electrons. The molecule has 0 aromatic carbocycles. The first-order valence-electron chi connectivity index (χ1n) is 5.25. The average Bonchev–Trinajstić information content (AvgIpc) is 2.66. The second kappa shape index (κ2) is 6.53. The zero-order chi connectivity index (χ0) is 11.1. The van der Waals surface area contributed by atoms with Gasteiger partial charge < -0.3 is 14.6 Å². The number of aryl methyl sites for hydroxylation is 1. The summed E-state index contributed by atoms with van der Waals surface area (Å²) in [4.78, 5) is 4.28. The molecule has 1 atom stereocenters. The highest BCUT2D eigenvalue weighted by atomic mass is 16.5. The second-order valence-electron chi connectivity index (χ2n) is 3.56. The summed E-state index contributed by atoms with van der Waals surface area (Å²) in [5.41, 5.74) is 0. The van der Waals surface area contributed by atoms with Gasteiger partial charge in [-0.1, -0.05) is 5.16 Å². The monoisotopic (exact) mass is 213 g/mol. The number of nitrogens with zero attached hydrogens (tertiary/aromatic N) is 2. The molecule has 1 aromatic rings. The zero-order valence-electron chi connectivity index (χ0n) is 9.62. The van der Waals surface area contributed by atoms with Crippen LogP contribution in [0, 0.1) is 0 Å². The van der Waals surface area contributed by atoms with Crippen molar-refractivity contribution in [3.8, 4) is 0 Å². The normalized spacial score (nSPS) is 13.0. The molecule has 1 N–H and O–H groups in total. The first kappa shape index (κ1) is 12.1. The van der Waals surface area contributed by atoms with Gasteiger partial charge in [0.25, 0.3) is 0 Å². The van der Waals surface area contributed by atoms with Gasteiger partial charge in [0.15, 0.2) is 5.82 Å². The predicted molar refractivity (Wildman–Crippen MR) is 56.7 cm³/mol. The molecule has 1 rings (SSSR count). The van der Waals surface area contributed by atoms with Gasteiger partial charge in [-0.25, -0.2) is 0 Å². The van der Waals surface area contributed by atoms with Crippen LogP contribution in [0.25, 0.3) is 0 Å². The minimum atomic E-state index is 0.132. The van der Waals surface area contributed by atoms with Crippen LogP contribution in [-0.4, -0.2) is 36.9 Å². The number of nitrogens with one attached hydrogen (secondary N) is 1. The molecule has 0 fully saturated rings. The van der Waals surface area contributed by atoms with Gasteiger partial charge in [-0.2, -0.15) is 4.98 Å². The Hall–Kier alpha value is -0.940. The molecule has 0 saturated heterocycles. The topological polar surface area (TPSA) is 60.2 Å². The number of hydrogen-bond donors (Lipinski definition) is 1. The third kappa shape index (κ3) is 4.40. The largest absolute Gasteiger partial charge is 0.381 e. The van der Waals surface area contributed by atoms with Crippen molar-refractivity contribution in [3.63, 3.8) is 0 Å². The van der Waals surface area contributed by atoms with Crippen molar-refractivity contribution in [2.24, 2.45) is 0 Å². The van der Waals surface area contributed by atoms with E-state index in [1.54, 1.807) is 7.11 Å². The lowest BCUT2D eigenvalue weighted by Gasteiger charge is -2.03. The Labute approximate surface area is 90.2 Å². The van der Waals surface area contributed by atoms with Crippen molar-refractivity contribution < 1.29 is 9.26 Å². The molecule has 5 heteroatoms. The lowest BCUT2D eigenvalue weighted by molar-refractivity contribution is 0.116. The van der Waals surface area contributed by atoms with Crippen LogP contribution in [0.15, 0.2) is 4.52 Å². The lowest BCUT2D eigenvalue weighted by atomic mass is 10.3. The Kier molecular flexibility index (Phi) is 5.28. The fourth-order valence-electron chi connectivity index (χ4n) is 1.23. The SMILES string of the molecule is CNCCCc1nc(CC(C)OC)no1. The van der Waals surface area contributed by atoms with E-state index in [0.29, 0.717) is 12.3 Å². The minimum absolute atomic E-state index is 0.132. The van der Waals surface area contributed by atoms with Gasteiger partial charge in [0.1, 0.15) is 0 Å².